The summed E-state index contributed by atoms with van der Waals surface area (Å²) >= 11 is 0. The quantitative estimate of drug-likeness (QED) is 0.640. The molecule has 1 unspecified atom stereocenters. The maximum Gasteiger partial charge on any atom is 0.235 e. The molecule has 19 heavy (non-hydrogen) atoms. The molecule has 0 aliphatic heterocycles. The summed E-state index contributed by atoms with van der Waals surface area (Å²) in [5.41, 5.74) is 2.56. The molecule has 0 saturated carbocycles. The minimum absolute atomic E-state index is 0.443. The van der Waals surface area contributed by atoms with Gasteiger partial charge in [-0.2, -0.15) is 0 Å². The van der Waals surface area contributed by atoms with Crippen molar-refractivity contribution in [1.82, 2.24) is 0 Å². The minimum Gasteiger partial charge on any atom is -0.461 e. The van der Waals surface area contributed by atoms with Gasteiger partial charge in [-0.05, 0) is 35.6 Å². The van der Waals surface area contributed by atoms with Gasteiger partial charge in [-0.1, -0.05) is 54.5 Å². The number of alkyl halides is 1. The highest BCUT2D eigenvalue weighted by Crippen LogP contribution is 2.25. The van der Waals surface area contributed by atoms with Crippen LogP contribution in [0.15, 0.2) is 18.2 Å². The summed E-state index contributed by atoms with van der Waals surface area (Å²) in [7, 11) is 0. The summed E-state index contributed by atoms with van der Waals surface area (Å²) in [6, 6.07) is 5.80. The molecule has 1 atom stereocenters. The molecule has 1 aromatic rings. The molecule has 0 aliphatic carbocycles. The average molecular weight is 270 g/mol. The van der Waals surface area contributed by atoms with Gasteiger partial charge in [0.25, 0.3) is 0 Å². The van der Waals surface area contributed by atoms with Crippen LogP contribution in [-0.4, -0.2) is 6.36 Å². The van der Waals surface area contributed by atoms with Crippen molar-refractivity contribution in [1.29, 1.82) is 0 Å². The Hall–Kier alpha value is -1.05. The van der Waals surface area contributed by atoms with Gasteiger partial charge >= 0.3 is 0 Å². The predicted octanol–water partition coefficient (Wildman–Crippen LogP) is 6.12. The number of aryl methyl sites for hydroxylation is 1. The summed E-state index contributed by atoms with van der Waals surface area (Å²) in [6.45, 7) is 15.8. The van der Waals surface area contributed by atoms with Crippen LogP contribution in [0.4, 0.5) is 4.39 Å². The van der Waals surface area contributed by atoms with Crippen molar-refractivity contribution in [2.45, 2.75) is 74.1 Å². The third kappa shape index (κ3) is 7.86. The molecule has 0 spiro atoms. The second-order valence-electron chi connectivity index (χ2n) is 4.03. The van der Waals surface area contributed by atoms with E-state index < -0.39 is 6.36 Å². The fraction of sp³-hybridized carbons (Fsp3) is 0.647. The summed E-state index contributed by atoms with van der Waals surface area (Å²) in [5, 5.41) is 0. The summed E-state index contributed by atoms with van der Waals surface area (Å²) in [4.78, 5) is 0. The summed E-state index contributed by atoms with van der Waals surface area (Å²) in [6.07, 6.45) is -0.253. The van der Waals surface area contributed by atoms with Gasteiger partial charge in [0.2, 0.25) is 6.36 Å². The molecule has 0 radical (unpaired) electrons. The van der Waals surface area contributed by atoms with Gasteiger partial charge in [-0.15, -0.1) is 0 Å². The Kier molecular flexibility index (Phi) is 12.8. The van der Waals surface area contributed by atoms with Crippen molar-refractivity contribution in [3.63, 3.8) is 0 Å². The van der Waals surface area contributed by atoms with Gasteiger partial charge < -0.3 is 4.74 Å². The van der Waals surface area contributed by atoms with Crippen LogP contribution in [0.1, 0.15) is 72.4 Å². The first-order valence-corrected chi connectivity index (χ1v) is 7.48. The van der Waals surface area contributed by atoms with Crippen molar-refractivity contribution < 1.29 is 9.13 Å². The van der Waals surface area contributed by atoms with Gasteiger partial charge in [-0.3, -0.25) is 0 Å². The molecule has 1 aromatic carbocycles. The second kappa shape index (κ2) is 12.0. The molecule has 0 amide bonds. The molecule has 1 rings (SSSR count). The summed E-state index contributed by atoms with van der Waals surface area (Å²) < 4.78 is 17.7. The van der Waals surface area contributed by atoms with Gasteiger partial charge in [0.15, 0.2) is 0 Å². The van der Waals surface area contributed by atoms with Crippen LogP contribution in [0.3, 0.4) is 0 Å². The Labute approximate surface area is 119 Å². The molecule has 0 aromatic heterocycles. The zero-order chi connectivity index (χ0) is 15.4. The molecule has 0 aliphatic rings. The van der Waals surface area contributed by atoms with E-state index in [2.05, 4.69) is 20.8 Å². The Morgan fingerprint density at radius 3 is 1.95 bits per heavy atom. The normalized spacial score (nSPS) is 10.8. The standard InChI is InChI=1S/C13H19FO.2C2H6/c1-5-11-6-7-12(15-10(4)14)8-13(11)9(2)3;2*1-2/h6-10H,5H2,1-4H3;2*1-2H3. The highest BCUT2D eigenvalue weighted by molar-refractivity contribution is 5.37. The largest absolute Gasteiger partial charge is 0.461 e. The molecule has 0 heterocycles. The number of benzene rings is 1. The Morgan fingerprint density at radius 2 is 1.58 bits per heavy atom. The molecule has 112 valence electrons. The first kappa shape index (κ1) is 20.3. The van der Waals surface area contributed by atoms with E-state index in [0.29, 0.717) is 11.7 Å². The van der Waals surface area contributed by atoms with E-state index in [1.807, 2.05) is 45.9 Å². The van der Waals surface area contributed by atoms with E-state index >= 15 is 0 Å². The number of hydrogen-bond acceptors (Lipinski definition) is 1. The third-order valence-corrected chi connectivity index (χ3v) is 2.42. The van der Waals surface area contributed by atoms with E-state index in [1.165, 1.54) is 18.1 Å². The van der Waals surface area contributed by atoms with Crippen LogP contribution in [0.25, 0.3) is 0 Å². The molecule has 2 heteroatoms. The van der Waals surface area contributed by atoms with E-state index in [0.717, 1.165) is 6.42 Å². The van der Waals surface area contributed by atoms with E-state index in [4.69, 9.17) is 4.74 Å². The fourth-order valence-electron chi connectivity index (χ4n) is 1.69. The monoisotopic (exact) mass is 270 g/mol. The van der Waals surface area contributed by atoms with Gasteiger partial charge in [0.1, 0.15) is 5.75 Å². The Bertz CT molecular complexity index is 319. The summed E-state index contributed by atoms with van der Waals surface area (Å²) in [5.74, 6) is 1.06. The SMILES string of the molecule is CC.CC.CCc1ccc(OC(C)F)cc1C(C)C. The van der Waals surface area contributed by atoms with Crippen LogP contribution in [0.2, 0.25) is 0 Å². The molecule has 0 saturated heterocycles. The molecule has 0 bridgehead atoms. The molecule has 1 nitrogen and oxygen atoms in total. The zero-order valence-corrected chi connectivity index (χ0v) is 13.9. The maximum absolute atomic E-state index is 12.7. The van der Waals surface area contributed by atoms with E-state index in [1.54, 1.807) is 0 Å². The number of hydrogen-bond donors (Lipinski definition) is 0. The molecule has 0 N–H and O–H groups in total. The van der Waals surface area contributed by atoms with E-state index in [9.17, 15) is 4.39 Å². The molecule has 0 fully saturated rings. The topological polar surface area (TPSA) is 9.23 Å². The fourth-order valence-corrected chi connectivity index (χ4v) is 1.69. The van der Waals surface area contributed by atoms with Crippen LogP contribution in [0, 0.1) is 0 Å². The van der Waals surface area contributed by atoms with Crippen LogP contribution < -0.4 is 4.74 Å². The minimum atomic E-state index is -1.25. The lowest BCUT2D eigenvalue weighted by atomic mass is 9.95. The van der Waals surface area contributed by atoms with Crippen molar-refractivity contribution in [3.05, 3.63) is 29.3 Å². The Balaban J connectivity index is 0. The lowest BCUT2D eigenvalue weighted by Crippen LogP contribution is -2.05. The Morgan fingerprint density at radius 1 is 1.05 bits per heavy atom. The highest BCUT2D eigenvalue weighted by atomic mass is 19.1. The molecular weight excluding hydrogens is 239 g/mol. The van der Waals surface area contributed by atoms with Crippen molar-refractivity contribution in [2.75, 3.05) is 0 Å². The van der Waals surface area contributed by atoms with Crippen LogP contribution in [-0.2, 0) is 6.42 Å². The molecular formula is C17H31FO. The zero-order valence-electron chi connectivity index (χ0n) is 13.9. The first-order chi connectivity index (χ1) is 9.04. The first-order valence-electron chi connectivity index (χ1n) is 7.48. The average Bonchev–Trinajstić information content (AvgIpc) is 2.42. The lowest BCUT2D eigenvalue weighted by Gasteiger charge is -2.14. The van der Waals surface area contributed by atoms with Gasteiger partial charge in [0.05, 0.1) is 0 Å². The lowest BCUT2D eigenvalue weighted by molar-refractivity contribution is 0.0859. The second-order valence-corrected chi connectivity index (χ2v) is 4.03. The number of rotatable bonds is 4. The van der Waals surface area contributed by atoms with Crippen LogP contribution >= 0.6 is 0 Å². The van der Waals surface area contributed by atoms with Crippen molar-refractivity contribution >= 4 is 0 Å². The number of ether oxygens (including phenoxy) is 1. The number of halogens is 1. The maximum atomic E-state index is 12.7. The van der Waals surface area contributed by atoms with Gasteiger partial charge in [-0.25, -0.2) is 4.39 Å². The van der Waals surface area contributed by atoms with Gasteiger partial charge in [0, 0.05) is 6.92 Å². The van der Waals surface area contributed by atoms with Crippen LogP contribution in [0.5, 0.6) is 5.75 Å². The predicted molar refractivity (Wildman–Crippen MR) is 83.8 cm³/mol. The smallest absolute Gasteiger partial charge is 0.235 e. The van der Waals surface area contributed by atoms with E-state index in [-0.39, 0.29) is 0 Å². The van der Waals surface area contributed by atoms with Crippen molar-refractivity contribution in [2.24, 2.45) is 0 Å². The highest BCUT2D eigenvalue weighted by Gasteiger charge is 2.08. The van der Waals surface area contributed by atoms with Crippen molar-refractivity contribution in [3.8, 4) is 5.75 Å². The third-order valence-electron chi connectivity index (χ3n) is 2.42.